The van der Waals surface area contributed by atoms with Crippen molar-refractivity contribution in [2.24, 2.45) is 4.99 Å². The molecule has 1 atom stereocenters. The second kappa shape index (κ2) is 8.23. The van der Waals surface area contributed by atoms with Crippen LogP contribution in [0.5, 0.6) is 0 Å². The molecular formula is C25H20FN5O2. The summed E-state index contributed by atoms with van der Waals surface area (Å²) in [7, 11) is 1.60. The lowest BCUT2D eigenvalue weighted by molar-refractivity contribution is -0.119. The number of H-pyrrole nitrogens is 1. The molecule has 4 aromatic rings. The smallest absolute Gasteiger partial charge is 0.321 e. The largest absolute Gasteiger partial charge is 0.359 e. The molecule has 0 fully saturated rings. The number of aromatic amines is 1. The van der Waals surface area contributed by atoms with E-state index in [1.807, 2.05) is 24.3 Å². The molecule has 0 saturated heterocycles. The standard InChI is InChI=1S/C25H20FN5O2/c1-31-21-13-7-4-10-17(21)22(15-8-2-5-11-18(15)26)29-23(24(31)32)30-25(33)28-20-14-27-19-12-6-3-9-16(19)20/h2-14,23,27H,1H3,(H2,28,30,33). The number of carbonyl (C=O) groups is 2. The Morgan fingerprint density at radius 2 is 1.70 bits per heavy atom. The van der Waals surface area contributed by atoms with E-state index in [1.54, 1.807) is 55.7 Å². The van der Waals surface area contributed by atoms with Gasteiger partial charge in [-0.1, -0.05) is 48.5 Å². The molecule has 3 aromatic carbocycles. The summed E-state index contributed by atoms with van der Waals surface area (Å²) in [6.45, 7) is 0. The van der Waals surface area contributed by atoms with E-state index in [0.717, 1.165) is 10.9 Å². The predicted molar refractivity (Wildman–Crippen MR) is 126 cm³/mol. The van der Waals surface area contributed by atoms with Crippen molar-refractivity contribution in [2.45, 2.75) is 6.17 Å². The number of rotatable bonds is 3. The molecule has 0 aliphatic carbocycles. The number of nitrogens with one attached hydrogen (secondary N) is 3. The zero-order valence-electron chi connectivity index (χ0n) is 17.7. The molecule has 5 rings (SSSR count). The third-order valence-electron chi connectivity index (χ3n) is 5.58. The predicted octanol–water partition coefficient (Wildman–Crippen LogP) is 4.27. The topological polar surface area (TPSA) is 89.6 Å². The number of urea groups is 1. The Hall–Kier alpha value is -4.46. The van der Waals surface area contributed by atoms with Crippen LogP contribution in [0.3, 0.4) is 0 Å². The van der Waals surface area contributed by atoms with Crippen LogP contribution in [0.2, 0.25) is 0 Å². The molecule has 2 heterocycles. The number of aromatic nitrogens is 1. The number of likely N-dealkylation sites (N-methyl/N-ethyl adjacent to an activating group) is 1. The summed E-state index contributed by atoms with van der Waals surface area (Å²) in [4.78, 5) is 35.0. The van der Waals surface area contributed by atoms with Crippen molar-refractivity contribution in [1.82, 2.24) is 10.3 Å². The summed E-state index contributed by atoms with van der Waals surface area (Å²) < 4.78 is 14.7. The Morgan fingerprint density at radius 3 is 2.52 bits per heavy atom. The highest BCUT2D eigenvalue weighted by Gasteiger charge is 2.31. The second-order valence-electron chi connectivity index (χ2n) is 7.62. The van der Waals surface area contributed by atoms with E-state index >= 15 is 0 Å². The number of benzodiazepines with no additional fused rings is 1. The van der Waals surface area contributed by atoms with Crippen molar-refractivity contribution in [2.75, 3.05) is 17.3 Å². The van der Waals surface area contributed by atoms with Gasteiger partial charge in [0.15, 0.2) is 0 Å². The lowest BCUT2D eigenvalue weighted by Gasteiger charge is -2.21. The second-order valence-corrected chi connectivity index (χ2v) is 7.62. The summed E-state index contributed by atoms with van der Waals surface area (Å²) in [6, 6.07) is 20.3. The molecule has 0 spiro atoms. The molecule has 0 radical (unpaired) electrons. The lowest BCUT2D eigenvalue weighted by atomic mass is 10.00. The van der Waals surface area contributed by atoms with E-state index in [1.165, 1.54) is 11.0 Å². The van der Waals surface area contributed by atoms with Gasteiger partial charge in [0.05, 0.1) is 17.1 Å². The van der Waals surface area contributed by atoms with Gasteiger partial charge >= 0.3 is 6.03 Å². The van der Waals surface area contributed by atoms with Crippen molar-refractivity contribution in [1.29, 1.82) is 0 Å². The average molecular weight is 441 g/mol. The molecule has 164 valence electrons. The summed E-state index contributed by atoms with van der Waals surface area (Å²) in [5.41, 5.74) is 3.15. The molecule has 8 heteroatoms. The fourth-order valence-electron chi connectivity index (χ4n) is 3.94. The van der Waals surface area contributed by atoms with Gasteiger partial charge in [0.1, 0.15) is 5.82 Å². The van der Waals surface area contributed by atoms with Crippen LogP contribution < -0.4 is 15.5 Å². The summed E-state index contributed by atoms with van der Waals surface area (Å²) in [5, 5.41) is 6.22. The molecule has 0 bridgehead atoms. The molecule has 1 aliphatic rings. The highest BCUT2D eigenvalue weighted by atomic mass is 19.1. The van der Waals surface area contributed by atoms with Gasteiger partial charge in [-0.2, -0.15) is 0 Å². The number of hydrogen-bond acceptors (Lipinski definition) is 3. The monoisotopic (exact) mass is 441 g/mol. The van der Waals surface area contributed by atoms with Crippen molar-refractivity contribution in [3.63, 3.8) is 0 Å². The Labute approximate surface area is 188 Å². The first kappa shape index (κ1) is 20.4. The Morgan fingerprint density at radius 1 is 1.00 bits per heavy atom. The molecular weight excluding hydrogens is 421 g/mol. The van der Waals surface area contributed by atoms with Crippen LogP contribution in [-0.4, -0.2) is 35.8 Å². The van der Waals surface area contributed by atoms with Gasteiger partial charge in [-0.25, -0.2) is 14.2 Å². The van der Waals surface area contributed by atoms with Crippen LogP contribution >= 0.6 is 0 Å². The van der Waals surface area contributed by atoms with Gasteiger partial charge in [0.2, 0.25) is 6.17 Å². The molecule has 0 saturated carbocycles. The maximum Gasteiger partial charge on any atom is 0.321 e. The van der Waals surface area contributed by atoms with Gasteiger partial charge in [-0.05, 0) is 24.3 Å². The quantitative estimate of drug-likeness (QED) is 0.443. The number of hydrogen-bond donors (Lipinski definition) is 3. The molecule has 1 aliphatic heterocycles. The van der Waals surface area contributed by atoms with E-state index in [0.29, 0.717) is 22.6 Å². The number of aliphatic imine (C=N–C) groups is 1. The van der Waals surface area contributed by atoms with E-state index in [-0.39, 0.29) is 5.56 Å². The third-order valence-corrected chi connectivity index (χ3v) is 5.58. The molecule has 7 nitrogen and oxygen atoms in total. The van der Waals surface area contributed by atoms with Crippen LogP contribution in [0, 0.1) is 5.82 Å². The summed E-state index contributed by atoms with van der Waals surface area (Å²) in [5.74, 6) is -0.909. The minimum atomic E-state index is -1.25. The number of halogens is 1. The van der Waals surface area contributed by atoms with Crippen LogP contribution in [0.15, 0.2) is 84.0 Å². The van der Waals surface area contributed by atoms with Crippen LogP contribution in [0.25, 0.3) is 10.9 Å². The number of fused-ring (bicyclic) bond motifs is 2. The maximum atomic E-state index is 14.7. The fraction of sp³-hybridized carbons (Fsp3) is 0.0800. The summed E-state index contributed by atoms with van der Waals surface area (Å²) >= 11 is 0. The van der Waals surface area contributed by atoms with Crippen molar-refractivity contribution < 1.29 is 14.0 Å². The number of para-hydroxylation sites is 2. The van der Waals surface area contributed by atoms with Crippen molar-refractivity contribution >= 4 is 39.9 Å². The molecule has 1 unspecified atom stereocenters. The van der Waals surface area contributed by atoms with E-state index in [9.17, 15) is 14.0 Å². The van der Waals surface area contributed by atoms with Crippen LogP contribution in [-0.2, 0) is 4.79 Å². The molecule has 33 heavy (non-hydrogen) atoms. The fourth-order valence-corrected chi connectivity index (χ4v) is 3.94. The number of benzene rings is 3. The first-order valence-electron chi connectivity index (χ1n) is 10.4. The minimum absolute atomic E-state index is 0.247. The first-order chi connectivity index (χ1) is 16.0. The van der Waals surface area contributed by atoms with Crippen molar-refractivity contribution in [3.05, 3.63) is 95.9 Å². The first-order valence-corrected chi connectivity index (χ1v) is 10.4. The Bertz CT molecular complexity index is 1410. The number of amides is 3. The highest BCUT2D eigenvalue weighted by molar-refractivity contribution is 6.20. The lowest BCUT2D eigenvalue weighted by Crippen LogP contribution is -2.47. The zero-order valence-corrected chi connectivity index (χ0v) is 17.7. The number of nitrogens with zero attached hydrogens (tertiary/aromatic N) is 2. The Balaban J connectivity index is 1.51. The van der Waals surface area contributed by atoms with E-state index in [4.69, 9.17) is 0 Å². The highest BCUT2D eigenvalue weighted by Crippen LogP contribution is 2.28. The SMILES string of the molecule is CN1C(=O)C(NC(=O)Nc2c[nH]c3ccccc23)N=C(c2ccccc2F)c2ccccc21. The molecule has 1 aromatic heterocycles. The summed E-state index contributed by atoms with van der Waals surface area (Å²) in [6.07, 6.45) is 0.428. The number of anilines is 2. The zero-order chi connectivity index (χ0) is 22.9. The average Bonchev–Trinajstić information content (AvgIpc) is 3.20. The maximum absolute atomic E-state index is 14.7. The Kier molecular flexibility index (Phi) is 5.10. The van der Waals surface area contributed by atoms with Crippen LogP contribution in [0.1, 0.15) is 11.1 Å². The van der Waals surface area contributed by atoms with Gasteiger partial charge in [0, 0.05) is 35.3 Å². The van der Waals surface area contributed by atoms with Gasteiger partial charge in [0.25, 0.3) is 5.91 Å². The van der Waals surface area contributed by atoms with Crippen molar-refractivity contribution in [3.8, 4) is 0 Å². The molecule has 3 N–H and O–H groups in total. The minimum Gasteiger partial charge on any atom is -0.359 e. The van der Waals surface area contributed by atoms with E-state index in [2.05, 4.69) is 20.6 Å². The third kappa shape index (κ3) is 3.71. The van der Waals surface area contributed by atoms with Gasteiger partial charge in [-0.15, -0.1) is 0 Å². The van der Waals surface area contributed by atoms with Gasteiger partial charge < -0.3 is 20.5 Å². The number of carbonyl (C=O) groups excluding carboxylic acids is 2. The van der Waals surface area contributed by atoms with Gasteiger partial charge in [-0.3, -0.25) is 4.79 Å². The van der Waals surface area contributed by atoms with E-state index < -0.39 is 23.9 Å². The normalized spacial score (nSPS) is 15.6. The molecule has 3 amide bonds. The van der Waals surface area contributed by atoms with Crippen LogP contribution in [0.4, 0.5) is 20.6 Å².